The van der Waals surface area contributed by atoms with Gasteiger partial charge in [-0.1, -0.05) is 35.9 Å². The highest BCUT2D eigenvalue weighted by Gasteiger charge is 2.10. The Morgan fingerprint density at radius 3 is 2.71 bits per heavy atom. The van der Waals surface area contributed by atoms with Crippen molar-refractivity contribution < 1.29 is 4.74 Å². The van der Waals surface area contributed by atoms with Crippen LogP contribution in [0.5, 0.6) is 5.75 Å². The van der Waals surface area contributed by atoms with Crippen LogP contribution in [0.3, 0.4) is 0 Å². The smallest absolute Gasteiger partial charge is 0.127 e. The van der Waals surface area contributed by atoms with E-state index >= 15 is 0 Å². The molecule has 0 fully saturated rings. The first kappa shape index (κ1) is 13.7. The molecule has 0 bridgehead atoms. The first-order valence-corrected chi connectivity index (χ1v) is 7.02. The van der Waals surface area contributed by atoms with E-state index in [1.165, 1.54) is 0 Å². The van der Waals surface area contributed by atoms with Crippen molar-refractivity contribution >= 4 is 28.3 Å². The van der Waals surface area contributed by atoms with Crippen molar-refractivity contribution in [2.24, 2.45) is 0 Å². The van der Waals surface area contributed by atoms with E-state index in [1.807, 2.05) is 48.5 Å². The Morgan fingerprint density at radius 2 is 1.90 bits per heavy atom. The maximum absolute atomic E-state index is 6.24. The number of rotatable bonds is 3. The molecule has 2 aromatic carbocycles. The van der Waals surface area contributed by atoms with Crippen molar-refractivity contribution in [1.29, 1.82) is 0 Å². The Bertz CT molecular complexity index is 802. The highest BCUT2D eigenvalue weighted by molar-refractivity contribution is 6.35. The van der Waals surface area contributed by atoms with Gasteiger partial charge in [-0.25, -0.2) is 4.98 Å². The number of hydrogen-bond acceptors (Lipinski definition) is 3. The van der Waals surface area contributed by atoms with Crippen molar-refractivity contribution in [3.8, 4) is 5.75 Å². The number of benzene rings is 2. The third-order valence-corrected chi connectivity index (χ3v) is 3.82. The molecule has 3 rings (SSSR count). The minimum Gasteiger partial charge on any atom is -0.496 e. The number of aromatic nitrogens is 1. The van der Waals surface area contributed by atoms with Crippen LogP contribution in [0.2, 0.25) is 5.02 Å². The Labute approximate surface area is 128 Å². The first-order valence-electron chi connectivity index (χ1n) is 6.64. The predicted molar refractivity (Wildman–Crippen MR) is 87.0 cm³/mol. The number of halogens is 1. The van der Waals surface area contributed by atoms with Crippen LogP contribution < -0.4 is 10.5 Å². The quantitative estimate of drug-likeness (QED) is 0.793. The molecule has 0 spiro atoms. The lowest BCUT2D eigenvalue weighted by Gasteiger charge is -2.11. The molecular weight excluding hydrogens is 284 g/mol. The second-order valence-electron chi connectivity index (χ2n) is 4.83. The second-order valence-corrected chi connectivity index (χ2v) is 5.24. The molecule has 3 nitrogen and oxygen atoms in total. The molecule has 21 heavy (non-hydrogen) atoms. The van der Waals surface area contributed by atoms with E-state index < -0.39 is 0 Å². The molecule has 3 aromatic rings. The summed E-state index contributed by atoms with van der Waals surface area (Å²) in [5.74, 6) is 1.37. The van der Waals surface area contributed by atoms with Gasteiger partial charge in [0.2, 0.25) is 0 Å². The fraction of sp³-hybridized carbons (Fsp3) is 0.118. The number of pyridine rings is 1. The Morgan fingerprint density at radius 1 is 1.10 bits per heavy atom. The fourth-order valence-electron chi connectivity index (χ4n) is 2.41. The van der Waals surface area contributed by atoms with Gasteiger partial charge in [-0.3, -0.25) is 0 Å². The zero-order chi connectivity index (χ0) is 14.8. The minimum atomic E-state index is 0.524. The average Bonchev–Trinajstić information content (AvgIpc) is 2.49. The molecule has 106 valence electrons. The number of nitrogen functional groups attached to an aromatic ring is 1. The van der Waals surface area contributed by atoms with Gasteiger partial charge in [0, 0.05) is 16.8 Å². The SMILES string of the molecule is COc1ccccc1Cc1cc2c(Cl)cccc2nc1N. The number of ether oxygens (including phenoxy) is 1. The molecule has 0 unspecified atom stereocenters. The van der Waals surface area contributed by atoms with E-state index in [-0.39, 0.29) is 0 Å². The molecule has 0 aliphatic heterocycles. The standard InChI is InChI=1S/C17H15ClN2O/c1-21-16-8-3-2-5-11(16)9-12-10-13-14(18)6-4-7-15(13)20-17(12)19/h2-8,10H,9H2,1H3,(H2,19,20). The number of hydrogen-bond donors (Lipinski definition) is 1. The van der Waals surface area contributed by atoms with Crippen LogP contribution in [-0.4, -0.2) is 12.1 Å². The number of nitrogens with two attached hydrogens (primary N) is 1. The summed E-state index contributed by atoms with van der Waals surface area (Å²) in [6.07, 6.45) is 0.657. The van der Waals surface area contributed by atoms with Gasteiger partial charge in [0.15, 0.2) is 0 Å². The number of nitrogens with zero attached hydrogens (tertiary/aromatic N) is 1. The lowest BCUT2D eigenvalue weighted by atomic mass is 10.0. The first-order chi connectivity index (χ1) is 10.2. The van der Waals surface area contributed by atoms with Gasteiger partial charge in [0.1, 0.15) is 11.6 Å². The lowest BCUT2D eigenvalue weighted by Crippen LogP contribution is -2.01. The summed E-state index contributed by atoms with van der Waals surface area (Å²) in [6.45, 7) is 0. The summed E-state index contributed by atoms with van der Waals surface area (Å²) in [5, 5.41) is 1.60. The highest BCUT2D eigenvalue weighted by Crippen LogP contribution is 2.28. The zero-order valence-corrected chi connectivity index (χ0v) is 12.4. The van der Waals surface area contributed by atoms with E-state index in [1.54, 1.807) is 7.11 Å². The molecule has 0 aliphatic rings. The molecule has 1 aromatic heterocycles. The molecular formula is C17H15ClN2O. The molecule has 0 atom stereocenters. The summed E-state index contributed by atoms with van der Waals surface area (Å²) >= 11 is 6.24. The van der Waals surface area contributed by atoms with E-state index in [9.17, 15) is 0 Å². The molecule has 2 N–H and O–H groups in total. The number of methoxy groups -OCH3 is 1. The van der Waals surface area contributed by atoms with Crippen molar-refractivity contribution in [3.05, 3.63) is 64.7 Å². The molecule has 0 radical (unpaired) electrons. The third-order valence-electron chi connectivity index (χ3n) is 3.49. The molecule has 0 aliphatic carbocycles. The Kier molecular flexibility index (Phi) is 3.67. The van der Waals surface area contributed by atoms with Crippen molar-refractivity contribution in [1.82, 2.24) is 4.98 Å². The maximum atomic E-state index is 6.24. The Balaban J connectivity index is 2.08. The molecule has 0 saturated carbocycles. The summed E-state index contributed by atoms with van der Waals surface area (Å²) in [7, 11) is 1.66. The lowest BCUT2D eigenvalue weighted by molar-refractivity contribution is 0.410. The van der Waals surface area contributed by atoms with Gasteiger partial charge in [-0.05, 0) is 35.4 Å². The summed E-state index contributed by atoms with van der Waals surface area (Å²) in [4.78, 5) is 4.44. The van der Waals surface area contributed by atoms with Gasteiger partial charge in [0.05, 0.1) is 12.6 Å². The van der Waals surface area contributed by atoms with Gasteiger partial charge in [-0.2, -0.15) is 0 Å². The monoisotopic (exact) mass is 298 g/mol. The van der Waals surface area contributed by atoms with Crippen molar-refractivity contribution in [2.45, 2.75) is 6.42 Å². The number of anilines is 1. The zero-order valence-electron chi connectivity index (χ0n) is 11.6. The Hall–Kier alpha value is -2.26. The van der Waals surface area contributed by atoms with Crippen LogP contribution in [-0.2, 0) is 6.42 Å². The molecule has 4 heteroatoms. The molecule has 1 heterocycles. The van der Waals surface area contributed by atoms with Crippen LogP contribution in [0.1, 0.15) is 11.1 Å². The molecule has 0 saturated heterocycles. The normalized spacial score (nSPS) is 10.8. The molecule has 0 amide bonds. The van der Waals surface area contributed by atoms with Crippen LogP contribution in [0, 0.1) is 0 Å². The average molecular weight is 299 g/mol. The summed E-state index contributed by atoms with van der Waals surface area (Å²) < 4.78 is 5.38. The topological polar surface area (TPSA) is 48.1 Å². The largest absolute Gasteiger partial charge is 0.496 e. The van der Waals surface area contributed by atoms with E-state index in [0.717, 1.165) is 27.8 Å². The van der Waals surface area contributed by atoms with Crippen LogP contribution in [0.15, 0.2) is 48.5 Å². The third kappa shape index (κ3) is 2.65. The summed E-state index contributed by atoms with van der Waals surface area (Å²) in [6, 6.07) is 15.5. The van der Waals surface area contributed by atoms with Gasteiger partial charge in [-0.15, -0.1) is 0 Å². The second kappa shape index (κ2) is 5.62. The van der Waals surface area contributed by atoms with E-state index in [2.05, 4.69) is 4.98 Å². The number of fused-ring (bicyclic) bond motifs is 1. The summed E-state index contributed by atoms with van der Waals surface area (Å²) in [5.41, 5.74) is 8.90. The van der Waals surface area contributed by atoms with Gasteiger partial charge < -0.3 is 10.5 Å². The van der Waals surface area contributed by atoms with Gasteiger partial charge >= 0.3 is 0 Å². The maximum Gasteiger partial charge on any atom is 0.127 e. The predicted octanol–water partition coefficient (Wildman–Crippen LogP) is 4.07. The van der Waals surface area contributed by atoms with Crippen LogP contribution in [0.25, 0.3) is 10.9 Å². The fourth-order valence-corrected chi connectivity index (χ4v) is 2.64. The van der Waals surface area contributed by atoms with E-state index in [4.69, 9.17) is 22.1 Å². The van der Waals surface area contributed by atoms with Crippen LogP contribution in [0.4, 0.5) is 5.82 Å². The van der Waals surface area contributed by atoms with E-state index in [0.29, 0.717) is 17.3 Å². The number of para-hydroxylation sites is 1. The minimum absolute atomic E-state index is 0.524. The van der Waals surface area contributed by atoms with Crippen molar-refractivity contribution in [3.63, 3.8) is 0 Å². The van der Waals surface area contributed by atoms with Crippen molar-refractivity contribution in [2.75, 3.05) is 12.8 Å². The van der Waals surface area contributed by atoms with Gasteiger partial charge in [0.25, 0.3) is 0 Å². The highest BCUT2D eigenvalue weighted by atomic mass is 35.5. The van der Waals surface area contributed by atoms with Crippen LogP contribution >= 0.6 is 11.6 Å².